The number of carbonyl (C=O) groups excluding carboxylic acids is 1. The van der Waals surface area contributed by atoms with E-state index >= 15 is 0 Å². The third-order valence-electron chi connectivity index (χ3n) is 4.28. The number of rotatable bonds is 7. The maximum Gasteiger partial charge on any atom is 0.339 e. The Morgan fingerprint density at radius 1 is 1.18 bits per heavy atom. The third kappa shape index (κ3) is 4.86. The van der Waals surface area contributed by atoms with Crippen molar-refractivity contribution in [3.05, 3.63) is 53.7 Å². The number of pyridine rings is 1. The van der Waals surface area contributed by atoms with Crippen molar-refractivity contribution >= 4 is 21.8 Å². The van der Waals surface area contributed by atoms with Crippen molar-refractivity contribution in [3.63, 3.8) is 0 Å². The van der Waals surface area contributed by atoms with Crippen LogP contribution in [0.5, 0.6) is 0 Å². The molecule has 0 bridgehead atoms. The van der Waals surface area contributed by atoms with Gasteiger partial charge in [0.15, 0.2) is 0 Å². The molecule has 0 radical (unpaired) electrons. The summed E-state index contributed by atoms with van der Waals surface area (Å²) in [4.78, 5) is 16.1. The van der Waals surface area contributed by atoms with E-state index in [9.17, 15) is 13.2 Å². The average Bonchev–Trinajstić information content (AvgIpc) is 2.74. The molecule has 1 aromatic heterocycles. The molecule has 1 aliphatic heterocycles. The number of benzene rings is 1. The Bertz CT molecular complexity index is 892. The molecule has 0 amide bonds. The Labute approximate surface area is 164 Å². The first kappa shape index (κ1) is 20.2. The van der Waals surface area contributed by atoms with Gasteiger partial charge in [-0.3, -0.25) is 0 Å². The van der Waals surface area contributed by atoms with Crippen LogP contribution < -0.4 is 5.32 Å². The van der Waals surface area contributed by atoms with Crippen LogP contribution in [-0.4, -0.2) is 56.6 Å². The van der Waals surface area contributed by atoms with Gasteiger partial charge in [-0.2, -0.15) is 4.31 Å². The molecule has 1 saturated heterocycles. The Kier molecular flexibility index (Phi) is 6.61. The van der Waals surface area contributed by atoms with E-state index < -0.39 is 16.0 Å². The molecule has 1 N–H and O–H groups in total. The minimum atomic E-state index is -3.49. The third-order valence-corrected chi connectivity index (χ3v) is 6.19. The van der Waals surface area contributed by atoms with Gasteiger partial charge >= 0.3 is 5.97 Å². The molecule has 0 saturated carbocycles. The fraction of sp³-hybridized carbons (Fsp3) is 0.368. The van der Waals surface area contributed by atoms with Gasteiger partial charge in [-0.15, -0.1) is 0 Å². The number of anilines is 1. The minimum absolute atomic E-state index is 0.273. The number of hydrogen-bond acceptors (Lipinski definition) is 7. The highest BCUT2D eigenvalue weighted by Gasteiger charge is 2.26. The SMILES string of the molecule is CCOC(=O)c1ccc(NCc2ccc(S(=O)(=O)N3CCOCC3)cc2)nc1. The van der Waals surface area contributed by atoms with Gasteiger partial charge in [-0.25, -0.2) is 18.2 Å². The monoisotopic (exact) mass is 405 g/mol. The highest BCUT2D eigenvalue weighted by molar-refractivity contribution is 7.89. The lowest BCUT2D eigenvalue weighted by molar-refractivity contribution is 0.0526. The second-order valence-electron chi connectivity index (χ2n) is 6.17. The van der Waals surface area contributed by atoms with Crippen molar-refractivity contribution in [2.45, 2.75) is 18.4 Å². The van der Waals surface area contributed by atoms with Crippen molar-refractivity contribution < 1.29 is 22.7 Å². The number of carbonyl (C=O) groups is 1. The number of aromatic nitrogens is 1. The lowest BCUT2D eigenvalue weighted by Crippen LogP contribution is -2.40. The molecule has 2 heterocycles. The number of hydrogen-bond donors (Lipinski definition) is 1. The molecule has 0 spiro atoms. The molecule has 2 aromatic rings. The number of ether oxygens (including phenoxy) is 2. The van der Waals surface area contributed by atoms with E-state index in [1.165, 1.54) is 10.5 Å². The smallest absolute Gasteiger partial charge is 0.339 e. The summed E-state index contributed by atoms with van der Waals surface area (Å²) in [5.74, 6) is 0.205. The van der Waals surface area contributed by atoms with Crippen molar-refractivity contribution in [1.29, 1.82) is 0 Å². The standard InChI is InChI=1S/C19H23N3O5S/c1-2-27-19(23)16-5-8-18(21-14-16)20-13-15-3-6-17(7-4-15)28(24,25)22-9-11-26-12-10-22/h3-8,14H,2,9-13H2,1H3,(H,20,21). The summed E-state index contributed by atoms with van der Waals surface area (Å²) in [6, 6.07) is 10.1. The quantitative estimate of drug-likeness (QED) is 0.703. The molecule has 150 valence electrons. The molecule has 28 heavy (non-hydrogen) atoms. The fourth-order valence-corrected chi connectivity index (χ4v) is 4.15. The molecule has 3 rings (SSSR count). The molecule has 1 aromatic carbocycles. The Balaban J connectivity index is 1.59. The number of morpholine rings is 1. The Hall–Kier alpha value is -2.49. The van der Waals surface area contributed by atoms with E-state index in [1.54, 1.807) is 43.3 Å². The Morgan fingerprint density at radius 3 is 2.50 bits per heavy atom. The van der Waals surface area contributed by atoms with E-state index in [1.807, 2.05) is 0 Å². The minimum Gasteiger partial charge on any atom is -0.462 e. The van der Waals surface area contributed by atoms with Gasteiger partial charge in [0.2, 0.25) is 10.0 Å². The van der Waals surface area contributed by atoms with Crippen molar-refractivity contribution in [2.24, 2.45) is 0 Å². The van der Waals surface area contributed by atoms with Crippen molar-refractivity contribution in [3.8, 4) is 0 Å². The zero-order valence-electron chi connectivity index (χ0n) is 15.6. The largest absolute Gasteiger partial charge is 0.462 e. The maximum absolute atomic E-state index is 12.6. The van der Waals surface area contributed by atoms with Gasteiger partial charge in [-0.1, -0.05) is 12.1 Å². The fourth-order valence-electron chi connectivity index (χ4n) is 2.74. The van der Waals surface area contributed by atoms with Crippen LogP contribution in [0.3, 0.4) is 0 Å². The normalized spacial score (nSPS) is 15.2. The average molecular weight is 405 g/mol. The number of nitrogens with one attached hydrogen (secondary N) is 1. The summed E-state index contributed by atoms with van der Waals surface area (Å²) in [6.07, 6.45) is 1.46. The first-order valence-electron chi connectivity index (χ1n) is 9.04. The van der Waals surface area contributed by atoms with E-state index in [4.69, 9.17) is 9.47 Å². The molecule has 0 aliphatic carbocycles. The zero-order chi connectivity index (χ0) is 20.0. The van der Waals surface area contributed by atoms with Crippen LogP contribution in [0, 0.1) is 0 Å². The van der Waals surface area contributed by atoms with Crippen LogP contribution in [-0.2, 0) is 26.0 Å². The lowest BCUT2D eigenvalue weighted by atomic mass is 10.2. The van der Waals surface area contributed by atoms with Crippen LogP contribution >= 0.6 is 0 Å². The van der Waals surface area contributed by atoms with E-state index in [0.717, 1.165) is 5.56 Å². The summed E-state index contributed by atoms with van der Waals surface area (Å²) in [5, 5.41) is 3.14. The first-order valence-corrected chi connectivity index (χ1v) is 10.5. The predicted octanol–water partition coefficient (Wildman–Crippen LogP) is 1.89. The van der Waals surface area contributed by atoms with Gasteiger partial charge in [0, 0.05) is 25.8 Å². The van der Waals surface area contributed by atoms with Gasteiger partial charge in [0.05, 0.1) is 30.3 Å². The number of sulfonamides is 1. The van der Waals surface area contributed by atoms with Gasteiger partial charge in [-0.05, 0) is 36.8 Å². The van der Waals surface area contributed by atoms with Crippen LogP contribution in [0.4, 0.5) is 5.82 Å². The van der Waals surface area contributed by atoms with E-state index in [-0.39, 0.29) is 4.90 Å². The summed E-state index contributed by atoms with van der Waals surface area (Å²) in [7, 11) is -3.49. The highest BCUT2D eigenvalue weighted by Crippen LogP contribution is 2.18. The van der Waals surface area contributed by atoms with Crippen LogP contribution in [0.2, 0.25) is 0 Å². The molecule has 1 fully saturated rings. The van der Waals surface area contributed by atoms with Crippen LogP contribution in [0.15, 0.2) is 47.5 Å². The molecule has 8 nitrogen and oxygen atoms in total. The Morgan fingerprint density at radius 2 is 1.89 bits per heavy atom. The van der Waals surface area contributed by atoms with Crippen LogP contribution in [0.25, 0.3) is 0 Å². The molecule has 1 aliphatic rings. The van der Waals surface area contributed by atoms with Crippen LogP contribution in [0.1, 0.15) is 22.8 Å². The summed E-state index contributed by atoms with van der Waals surface area (Å²) in [6.45, 7) is 4.13. The summed E-state index contributed by atoms with van der Waals surface area (Å²) >= 11 is 0. The van der Waals surface area contributed by atoms with E-state index in [0.29, 0.717) is 50.8 Å². The second-order valence-corrected chi connectivity index (χ2v) is 8.10. The van der Waals surface area contributed by atoms with E-state index in [2.05, 4.69) is 10.3 Å². The summed E-state index contributed by atoms with van der Waals surface area (Å²) < 4.78 is 36.8. The summed E-state index contributed by atoms with van der Waals surface area (Å²) in [5.41, 5.74) is 1.31. The van der Waals surface area contributed by atoms with Gasteiger partial charge in [0.25, 0.3) is 0 Å². The topological polar surface area (TPSA) is 97.8 Å². The first-order chi connectivity index (χ1) is 13.5. The number of nitrogens with zero attached hydrogens (tertiary/aromatic N) is 2. The molecule has 0 atom stereocenters. The highest BCUT2D eigenvalue weighted by atomic mass is 32.2. The molecule has 0 unspecified atom stereocenters. The molecular weight excluding hydrogens is 382 g/mol. The zero-order valence-corrected chi connectivity index (χ0v) is 16.4. The van der Waals surface area contributed by atoms with Crippen molar-refractivity contribution in [1.82, 2.24) is 9.29 Å². The lowest BCUT2D eigenvalue weighted by Gasteiger charge is -2.26. The number of esters is 1. The molecular formula is C19H23N3O5S. The predicted molar refractivity (Wildman–Crippen MR) is 104 cm³/mol. The second kappa shape index (κ2) is 9.13. The van der Waals surface area contributed by atoms with Gasteiger partial charge in [0.1, 0.15) is 5.82 Å². The van der Waals surface area contributed by atoms with Gasteiger partial charge < -0.3 is 14.8 Å². The maximum atomic E-state index is 12.6. The van der Waals surface area contributed by atoms with Crippen molar-refractivity contribution in [2.75, 3.05) is 38.2 Å². The molecule has 9 heteroatoms.